The van der Waals surface area contributed by atoms with Crippen molar-refractivity contribution in [3.05, 3.63) is 11.6 Å². The molecule has 1 heterocycles. The second-order valence-corrected chi connectivity index (χ2v) is 9.79. The normalized spacial score (nSPS) is 57.5. The third-order valence-electron chi connectivity index (χ3n) is 9.17. The van der Waals surface area contributed by atoms with Gasteiger partial charge in [0.25, 0.3) is 0 Å². The molecule has 5 rings (SSSR count). The molecule has 134 valence electrons. The van der Waals surface area contributed by atoms with Crippen molar-refractivity contribution in [1.82, 2.24) is 0 Å². The summed E-state index contributed by atoms with van der Waals surface area (Å²) in [4.78, 5) is 0. The monoisotopic (exact) mass is 330 g/mol. The molecule has 0 aromatic rings. The number of hydrogen-bond acceptors (Lipinski definition) is 2. The molecule has 0 radical (unpaired) electrons. The predicted molar refractivity (Wildman–Crippen MR) is 95.7 cm³/mol. The van der Waals surface area contributed by atoms with Crippen LogP contribution in [0.2, 0.25) is 0 Å². The molecule has 0 amide bonds. The van der Waals surface area contributed by atoms with Gasteiger partial charge in [0.05, 0.1) is 18.3 Å². The van der Waals surface area contributed by atoms with Gasteiger partial charge in [-0.25, -0.2) is 0 Å². The van der Waals surface area contributed by atoms with Gasteiger partial charge in [0, 0.05) is 7.11 Å². The van der Waals surface area contributed by atoms with Crippen LogP contribution in [-0.4, -0.2) is 25.4 Å². The van der Waals surface area contributed by atoms with E-state index in [9.17, 15) is 0 Å². The van der Waals surface area contributed by atoms with Crippen LogP contribution in [-0.2, 0) is 9.47 Å². The van der Waals surface area contributed by atoms with Crippen molar-refractivity contribution >= 4 is 0 Å². The van der Waals surface area contributed by atoms with Gasteiger partial charge in [0.15, 0.2) is 0 Å². The maximum absolute atomic E-state index is 6.10. The molecular formula is C22H34O2. The Balaban J connectivity index is 1.44. The summed E-state index contributed by atoms with van der Waals surface area (Å²) in [5.74, 6) is 4.45. The lowest BCUT2D eigenvalue weighted by atomic mass is 9.49. The molecule has 5 aliphatic rings. The maximum Gasteiger partial charge on any atom is 0.0920 e. The zero-order valence-electron chi connectivity index (χ0n) is 15.7. The summed E-state index contributed by atoms with van der Waals surface area (Å²) in [6.07, 6.45) is 13.9. The highest BCUT2D eigenvalue weighted by Gasteiger charge is 2.60. The van der Waals surface area contributed by atoms with Crippen molar-refractivity contribution < 1.29 is 9.47 Å². The summed E-state index contributed by atoms with van der Waals surface area (Å²) < 4.78 is 12.0. The standard InChI is InChI=1S/C22H34O2/c1-4-14-5-6-19-17-11-20(23-3)18-12-22(13-24-22)10-8-16(18)15(17)7-9-21(14,19)2/h4,15-20H,5-13H2,1-3H3/t15-,16-,17-,18-,19+,20-,21-,22?/m1/s1. The average Bonchev–Trinajstić information content (AvgIpc) is 3.24. The van der Waals surface area contributed by atoms with Gasteiger partial charge in [-0.05, 0) is 93.3 Å². The number of fused-ring (bicyclic) bond motifs is 5. The van der Waals surface area contributed by atoms with Crippen molar-refractivity contribution in [1.29, 1.82) is 0 Å². The second kappa shape index (κ2) is 5.33. The molecule has 1 aliphatic heterocycles. The first-order valence-electron chi connectivity index (χ1n) is 10.4. The molecule has 2 heteroatoms. The minimum Gasteiger partial charge on any atom is -0.381 e. The third kappa shape index (κ3) is 2.08. The lowest BCUT2D eigenvalue weighted by molar-refractivity contribution is -0.122. The lowest BCUT2D eigenvalue weighted by Gasteiger charge is -2.57. The van der Waals surface area contributed by atoms with Crippen molar-refractivity contribution in [2.45, 2.75) is 76.9 Å². The molecule has 0 bridgehead atoms. The fourth-order valence-electron chi connectivity index (χ4n) is 7.85. The molecule has 0 aromatic heterocycles. The van der Waals surface area contributed by atoms with Crippen LogP contribution in [0, 0.1) is 35.0 Å². The minimum absolute atomic E-state index is 0.277. The van der Waals surface area contributed by atoms with Gasteiger partial charge >= 0.3 is 0 Å². The van der Waals surface area contributed by atoms with Crippen LogP contribution < -0.4 is 0 Å². The largest absolute Gasteiger partial charge is 0.381 e. The molecule has 0 aromatic carbocycles. The van der Waals surface area contributed by atoms with Gasteiger partial charge < -0.3 is 9.47 Å². The molecule has 8 atom stereocenters. The van der Waals surface area contributed by atoms with Crippen LogP contribution in [0.5, 0.6) is 0 Å². The highest BCUT2D eigenvalue weighted by atomic mass is 16.6. The van der Waals surface area contributed by atoms with Crippen LogP contribution in [0.3, 0.4) is 0 Å². The number of hydrogen-bond donors (Lipinski definition) is 0. The Morgan fingerprint density at radius 1 is 1.08 bits per heavy atom. The first-order chi connectivity index (χ1) is 11.6. The Labute approximate surface area is 147 Å². The first kappa shape index (κ1) is 15.9. The molecule has 0 N–H and O–H groups in total. The summed E-state index contributed by atoms with van der Waals surface area (Å²) >= 11 is 0. The highest BCUT2D eigenvalue weighted by molar-refractivity contribution is 5.23. The van der Waals surface area contributed by atoms with Crippen LogP contribution in [0.25, 0.3) is 0 Å². The number of allylic oxidation sites excluding steroid dienone is 2. The SMILES string of the molecule is CC=C1CC[C@H]2[C@@H]3C[C@@H](OC)[C@@H]4CC5(CC[C@@H]4[C@H]3CC[C@]12C)CO5. The predicted octanol–water partition coefficient (Wildman–Crippen LogP) is 4.98. The topological polar surface area (TPSA) is 21.8 Å². The van der Waals surface area contributed by atoms with E-state index in [0.29, 0.717) is 11.5 Å². The number of ether oxygens (including phenoxy) is 2. The molecule has 1 saturated heterocycles. The van der Waals surface area contributed by atoms with Crippen molar-refractivity contribution in [2.24, 2.45) is 35.0 Å². The van der Waals surface area contributed by atoms with E-state index in [2.05, 4.69) is 19.9 Å². The number of epoxide rings is 1. The second-order valence-electron chi connectivity index (χ2n) is 9.79. The Morgan fingerprint density at radius 2 is 1.83 bits per heavy atom. The van der Waals surface area contributed by atoms with E-state index in [1.165, 1.54) is 51.4 Å². The van der Waals surface area contributed by atoms with Crippen LogP contribution in [0.4, 0.5) is 0 Å². The fraction of sp³-hybridized carbons (Fsp3) is 0.909. The summed E-state index contributed by atoms with van der Waals surface area (Å²) in [5, 5.41) is 0. The zero-order valence-corrected chi connectivity index (χ0v) is 15.7. The van der Waals surface area contributed by atoms with Gasteiger partial charge in [0.2, 0.25) is 0 Å². The molecule has 5 fully saturated rings. The van der Waals surface area contributed by atoms with Crippen molar-refractivity contribution in [3.8, 4) is 0 Å². The maximum atomic E-state index is 6.10. The molecule has 4 saturated carbocycles. The van der Waals surface area contributed by atoms with Gasteiger partial charge in [-0.15, -0.1) is 0 Å². The average molecular weight is 331 g/mol. The Hall–Kier alpha value is -0.340. The number of methoxy groups -OCH3 is 1. The Morgan fingerprint density at radius 3 is 2.54 bits per heavy atom. The molecule has 24 heavy (non-hydrogen) atoms. The molecule has 4 aliphatic carbocycles. The van der Waals surface area contributed by atoms with E-state index >= 15 is 0 Å². The van der Waals surface area contributed by atoms with Crippen molar-refractivity contribution in [3.63, 3.8) is 0 Å². The lowest BCUT2D eigenvalue weighted by Crippen LogP contribution is -2.53. The van der Waals surface area contributed by atoms with E-state index in [1.807, 2.05) is 7.11 Å². The van der Waals surface area contributed by atoms with Crippen LogP contribution in [0.15, 0.2) is 11.6 Å². The van der Waals surface area contributed by atoms with E-state index < -0.39 is 0 Å². The van der Waals surface area contributed by atoms with Crippen molar-refractivity contribution in [2.75, 3.05) is 13.7 Å². The summed E-state index contributed by atoms with van der Waals surface area (Å²) in [6, 6.07) is 0. The summed E-state index contributed by atoms with van der Waals surface area (Å²) in [6.45, 7) is 5.87. The minimum atomic E-state index is 0.277. The molecule has 1 spiro atoms. The fourth-order valence-corrected chi connectivity index (χ4v) is 7.85. The quantitative estimate of drug-likeness (QED) is 0.499. The van der Waals surface area contributed by atoms with Crippen LogP contribution in [0.1, 0.15) is 65.2 Å². The van der Waals surface area contributed by atoms with E-state index in [1.54, 1.807) is 5.57 Å². The number of rotatable bonds is 1. The van der Waals surface area contributed by atoms with E-state index in [-0.39, 0.29) is 5.60 Å². The third-order valence-corrected chi connectivity index (χ3v) is 9.17. The van der Waals surface area contributed by atoms with Gasteiger partial charge in [-0.2, -0.15) is 0 Å². The van der Waals surface area contributed by atoms with E-state index in [0.717, 1.165) is 36.2 Å². The summed E-state index contributed by atoms with van der Waals surface area (Å²) in [7, 11) is 1.96. The van der Waals surface area contributed by atoms with E-state index in [4.69, 9.17) is 9.47 Å². The van der Waals surface area contributed by atoms with Gasteiger partial charge in [-0.3, -0.25) is 0 Å². The van der Waals surface area contributed by atoms with Crippen LogP contribution >= 0.6 is 0 Å². The highest BCUT2D eigenvalue weighted by Crippen LogP contribution is 2.65. The molecule has 1 unspecified atom stereocenters. The smallest absolute Gasteiger partial charge is 0.0920 e. The first-order valence-corrected chi connectivity index (χ1v) is 10.4. The Bertz CT molecular complexity index is 548. The summed E-state index contributed by atoms with van der Waals surface area (Å²) in [5.41, 5.74) is 2.53. The molecule has 2 nitrogen and oxygen atoms in total. The van der Waals surface area contributed by atoms with Gasteiger partial charge in [0.1, 0.15) is 0 Å². The Kier molecular flexibility index (Phi) is 3.53. The zero-order chi connectivity index (χ0) is 16.5. The van der Waals surface area contributed by atoms with Gasteiger partial charge in [-0.1, -0.05) is 18.6 Å². The molecular weight excluding hydrogens is 296 g/mol.